The molecule has 0 bridgehead atoms. The molecular weight excluding hydrogens is 250 g/mol. The quantitative estimate of drug-likeness (QED) is 0.869. The molecule has 0 spiro atoms. The van der Waals surface area contributed by atoms with Crippen molar-refractivity contribution in [1.82, 2.24) is 9.88 Å². The summed E-state index contributed by atoms with van der Waals surface area (Å²) < 4.78 is 0. The van der Waals surface area contributed by atoms with E-state index < -0.39 is 0 Å². The molecule has 1 rings (SSSR count). The lowest BCUT2D eigenvalue weighted by molar-refractivity contribution is 0.0822. The molecule has 0 atom stereocenters. The van der Waals surface area contributed by atoms with Gasteiger partial charge in [0.25, 0.3) is 5.91 Å². The summed E-state index contributed by atoms with van der Waals surface area (Å²) in [5.74, 6) is 1.80. The van der Waals surface area contributed by atoms with Crippen LogP contribution >= 0.6 is 0 Å². The second-order valence-corrected chi connectivity index (χ2v) is 6.16. The van der Waals surface area contributed by atoms with Crippen LogP contribution in [-0.2, 0) is 0 Å². The maximum Gasteiger partial charge on any atom is 0.272 e. The van der Waals surface area contributed by atoms with Gasteiger partial charge in [0.2, 0.25) is 0 Å². The number of hydrogen-bond donors (Lipinski definition) is 1. The number of rotatable bonds is 6. The monoisotopic (exact) mass is 277 g/mol. The molecule has 0 aliphatic rings. The molecule has 4 heteroatoms. The van der Waals surface area contributed by atoms with Crippen molar-refractivity contribution < 1.29 is 4.79 Å². The van der Waals surface area contributed by atoms with Gasteiger partial charge in [0.05, 0.1) is 0 Å². The molecule has 1 heterocycles. The topological polar surface area (TPSA) is 45.2 Å². The molecule has 20 heavy (non-hydrogen) atoms. The van der Waals surface area contributed by atoms with Crippen molar-refractivity contribution in [3.8, 4) is 0 Å². The highest BCUT2D eigenvalue weighted by molar-refractivity contribution is 5.92. The lowest BCUT2D eigenvalue weighted by atomic mass is 9.85. The van der Waals surface area contributed by atoms with Crippen LogP contribution in [0.2, 0.25) is 0 Å². The molecule has 112 valence electrons. The van der Waals surface area contributed by atoms with Crippen LogP contribution in [0.25, 0.3) is 0 Å². The molecule has 1 amide bonds. The number of pyridine rings is 1. The van der Waals surface area contributed by atoms with Gasteiger partial charge in [-0.05, 0) is 29.9 Å². The zero-order valence-corrected chi connectivity index (χ0v) is 13.5. The molecule has 0 unspecified atom stereocenters. The predicted octanol–water partition coefficient (Wildman–Crippen LogP) is 3.12. The van der Waals surface area contributed by atoms with E-state index in [-0.39, 0.29) is 5.91 Å². The molecule has 1 aromatic heterocycles. The average Bonchev–Trinajstić information content (AvgIpc) is 2.37. The maximum atomic E-state index is 11.9. The van der Waals surface area contributed by atoms with Gasteiger partial charge in [-0.1, -0.05) is 27.7 Å². The minimum absolute atomic E-state index is 0.0714. The third-order valence-electron chi connectivity index (χ3n) is 3.64. The minimum Gasteiger partial charge on any atom is -0.385 e. The highest BCUT2D eigenvalue weighted by atomic mass is 16.2. The Morgan fingerprint density at radius 1 is 1.25 bits per heavy atom. The second-order valence-electron chi connectivity index (χ2n) is 6.16. The summed E-state index contributed by atoms with van der Waals surface area (Å²) in [6, 6.07) is 3.73. The van der Waals surface area contributed by atoms with Crippen LogP contribution in [0.15, 0.2) is 18.3 Å². The van der Waals surface area contributed by atoms with Crippen LogP contribution in [0.5, 0.6) is 0 Å². The normalized spacial score (nSPS) is 11.2. The third kappa shape index (κ3) is 4.51. The van der Waals surface area contributed by atoms with Gasteiger partial charge in [-0.3, -0.25) is 9.78 Å². The average molecular weight is 277 g/mol. The first-order valence-corrected chi connectivity index (χ1v) is 7.24. The van der Waals surface area contributed by atoms with E-state index in [1.54, 1.807) is 20.3 Å². The Balaban J connectivity index is 2.74. The number of carbonyl (C=O) groups excluding carboxylic acids is 1. The molecule has 0 aliphatic carbocycles. The van der Waals surface area contributed by atoms with Crippen molar-refractivity contribution in [1.29, 1.82) is 0 Å². The molecule has 0 aromatic carbocycles. The van der Waals surface area contributed by atoms with Crippen LogP contribution in [0.3, 0.4) is 0 Å². The number of aromatic nitrogens is 1. The summed E-state index contributed by atoms with van der Waals surface area (Å²) in [6.07, 6.45) is 1.68. The van der Waals surface area contributed by atoms with E-state index in [2.05, 4.69) is 38.0 Å². The van der Waals surface area contributed by atoms with Gasteiger partial charge in [0.1, 0.15) is 5.69 Å². The van der Waals surface area contributed by atoms with Gasteiger partial charge >= 0.3 is 0 Å². The Kier molecular flexibility index (Phi) is 5.99. The van der Waals surface area contributed by atoms with Gasteiger partial charge in [0, 0.05) is 32.5 Å². The molecule has 0 aliphatic heterocycles. The van der Waals surface area contributed by atoms with Crippen LogP contribution in [0.4, 0.5) is 5.69 Å². The second kappa shape index (κ2) is 7.27. The van der Waals surface area contributed by atoms with Crippen molar-refractivity contribution >= 4 is 11.6 Å². The molecule has 1 aromatic rings. The van der Waals surface area contributed by atoms with E-state index in [9.17, 15) is 4.79 Å². The van der Waals surface area contributed by atoms with Crippen LogP contribution in [0, 0.1) is 17.8 Å². The smallest absolute Gasteiger partial charge is 0.272 e. The Bertz CT molecular complexity index is 433. The molecule has 4 nitrogen and oxygen atoms in total. The van der Waals surface area contributed by atoms with Gasteiger partial charge in [-0.2, -0.15) is 0 Å². The highest BCUT2D eigenvalue weighted by Gasteiger charge is 2.17. The first-order chi connectivity index (χ1) is 9.32. The van der Waals surface area contributed by atoms with Crippen molar-refractivity contribution in [3.05, 3.63) is 24.0 Å². The van der Waals surface area contributed by atoms with Crippen molar-refractivity contribution in [2.75, 3.05) is 26.0 Å². The van der Waals surface area contributed by atoms with E-state index in [0.717, 1.165) is 12.2 Å². The summed E-state index contributed by atoms with van der Waals surface area (Å²) in [4.78, 5) is 17.6. The van der Waals surface area contributed by atoms with Crippen LogP contribution < -0.4 is 5.32 Å². The Labute approximate surface area is 122 Å². The third-order valence-corrected chi connectivity index (χ3v) is 3.64. The lowest BCUT2D eigenvalue weighted by Gasteiger charge is -2.25. The number of hydrogen-bond acceptors (Lipinski definition) is 3. The van der Waals surface area contributed by atoms with E-state index >= 15 is 0 Å². The first-order valence-electron chi connectivity index (χ1n) is 7.24. The Morgan fingerprint density at radius 3 is 2.35 bits per heavy atom. The van der Waals surface area contributed by atoms with Gasteiger partial charge in [-0.15, -0.1) is 0 Å². The molecular formula is C16H27N3O. The van der Waals surface area contributed by atoms with Crippen molar-refractivity contribution in [2.24, 2.45) is 17.8 Å². The summed E-state index contributed by atoms with van der Waals surface area (Å²) in [6.45, 7) is 9.91. The van der Waals surface area contributed by atoms with Crippen LogP contribution in [-0.4, -0.2) is 36.4 Å². The number of nitrogens with zero attached hydrogens (tertiary/aromatic N) is 2. The number of nitrogens with one attached hydrogen (secondary N) is 1. The zero-order valence-electron chi connectivity index (χ0n) is 13.5. The highest BCUT2D eigenvalue weighted by Crippen LogP contribution is 2.21. The Morgan fingerprint density at radius 2 is 1.85 bits per heavy atom. The molecule has 0 fully saturated rings. The Hall–Kier alpha value is -1.58. The standard InChI is InChI=1S/C16H27N3O/c1-11(2)14(12(3)4)10-18-13-7-8-17-15(9-13)16(20)19(5)6/h7-9,11-12,14H,10H2,1-6H3,(H,17,18). The van der Waals surface area contributed by atoms with E-state index in [1.165, 1.54) is 4.90 Å². The summed E-state index contributed by atoms with van der Waals surface area (Å²) in [5.41, 5.74) is 1.43. The number of amides is 1. The number of carbonyl (C=O) groups is 1. The molecule has 0 radical (unpaired) electrons. The first kappa shape index (κ1) is 16.5. The van der Waals surface area contributed by atoms with Crippen molar-refractivity contribution in [3.63, 3.8) is 0 Å². The van der Waals surface area contributed by atoms with Crippen molar-refractivity contribution in [2.45, 2.75) is 27.7 Å². The molecule has 0 saturated heterocycles. The fourth-order valence-corrected chi connectivity index (χ4v) is 2.36. The van der Waals surface area contributed by atoms with Gasteiger partial charge < -0.3 is 10.2 Å². The minimum atomic E-state index is -0.0714. The fourth-order valence-electron chi connectivity index (χ4n) is 2.36. The van der Waals surface area contributed by atoms with E-state index in [1.807, 2.05) is 12.1 Å². The summed E-state index contributed by atoms with van der Waals surface area (Å²) in [7, 11) is 3.47. The van der Waals surface area contributed by atoms with Gasteiger partial charge in [0.15, 0.2) is 0 Å². The lowest BCUT2D eigenvalue weighted by Crippen LogP contribution is -2.25. The molecule has 1 N–H and O–H groups in total. The fraction of sp³-hybridized carbons (Fsp3) is 0.625. The maximum absolute atomic E-state index is 11.9. The van der Waals surface area contributed by atoms with E-state index in [0.29, 0.717) is 23.4 Å². The van der Waals surface area contributed by atoms with E-state index in [4.69, 9.17) is 0 Å². The molecule has 0 saturated carbocycles. The van der Waals surface area contributed by atoms with Gasteiger partial charge in [-0.25, -0.2) is 0 Å². The summed E-state index contributed by atoms with van der Waals surface area (Å²) in [5, 5.41) is 3.43. The summed E-state index contributed by atoms with van der Waals surface area (Å²) >= 11 is 0. The largest absolute Gasteiger partial charge is 0.385 e. The predicted molar refractivity (Wildman–Crippen MR) is 83.9 cm³/mol. The van der Waals surface area contributed by atoms with Crippen LogP contribution in [0.1, 0.15) is 38.2 Å². The SMILES string of the molecule is CC(C)C(CNc1ccnc(C(=O)N(C)C)c1)C(C)C. The zero-order chi connectivity index (χ0) is 15.3. The number of anilines is 1.